The number of thiophene rings is 1. The van der Waals surface area contributed by atoms with Gasteiger partial charge in [-0.3, -0.25) is 4.79 Å². The van der Waals surface area contributed by atoms with E-state index in [0.29, 0.717) is 26.2 Å². The van der Waals surface area contributed by atoms with E-state index in [1.807, 2.05) is 18.7 Å². The van der Waals surface area contributed by atoms with Crippen molar-refractivity contribution in [3.63, 3.8) is 0 Å². The van der Waals surface area contributed by atoms with Crippen molar-refractivity contribution in [2.45, 2.75) is 31.2 Å². The zero-order valence-corrected chi connectivity index (χ0v) is 17.5. The van der Waals surface area contributed by atoms with Crippen LogP contribution < -0.4 is 10.2 Å². The van der Waals surface area contributed by atoms with Crippen molar-refractivity contribution in [3.05, 3.63) is 46.4 Å². The molecular formula is C19H24FN3O3S2. The summed E-state index contributed by atoms with van der Waals surface area (Å²) in [5, 5.41) is 4.46. The molecule has 0 radical (unpaired) electrons. The fraction of sp³-hybridized carbons (Fsp3) is 0.421. The number of hydrogen-bond donors (Lipinski definition) is 1. The number of amides is 1. The number of halogens is 1. The molecule has 1 amide bonds. The second-order valence-electron chi connectivity index (χ2n) is 6.76. The molecule has 1 aromatic heterocycles. The summed E-state index contributed by atoms with van der Waals surface area (Å²) in [5.41, 5.74) is 0.864. The maximum Gasteiger partial charge on any atom is 0.262 e. The highest BCUT2D eigenvalue weighted by molar-refractivity contribution is 7.89. The molecule has 1 fully saturated rings. The number of hydrogen-bond acceptors (Lipinski definition) is 5. The van der Waals surface area contributed by atoms with Gasteiger partial charge in [-0.2, -0.15) is 4.31 Å². The predicted molar refractivity (Wildman–Crippen MR) is 109 cm³/mol. The lowest BCUT2D eigenvalue weighted by atomic mass is 10.2. The molecule has 0 aliphatic carbocycles. The summed E-state index contributed by atoms with van der Waals surface area (Å²) in [6.07, 6.45) is 0.768. The highest BCUT2D eigenvalue weighted by atomic mass is 32.2. The Morgan fingerprint density at radius 3 is 2.43 bits per heavy atom. The Hall–Kier alpha value is -1.97. The number of rotatable bonds is 6. The molecule has 2 heterocycles. The number of nitrogens with zero attached hydrogens (tertiary/aromatic N) is 2. The van der Waals surface area contributed by atoms with Gasteiger partial charge in [-0.25, -0.2) is 12.8 Å². The second kappa shape index (κ2) is 8.59. The molecule has 0 spiro atoms. The van der Waals surface area contributed by atoms with Crippen LogP contribution in [0, 0.1) is 5.82 Å². The van der Waals surface area contributed by atoms with Gasteiger partial charge in [0, 0.05) is 37.9 Å². The molecule has 3 rings (SSSR count). The van der Waals surface area contributed by atoms with E-state index in [1.54, 1.807) is 17.5 Å². The first kappa shape index (κ1) is 20.8. The standard InChI is InChI=1S/C19H24FN3O3S2/c1-3-14(2)21-19(24)18-17(8-13-27-18)28(25,26)23-11-9-22(10-12-23)16-6-4-15(20)5-7-16/h4-8,13-14H,3,9-12H2,1-2H3,(H,21,24)/t14-/m0/s1. The predicted octanol–water partition coefficient (Wildman–Crippen LogP) is 2.93. The van der Waals surface area contributed by atoms with E-state index < -0.39 is 10.0 Å². The fourth-order valence-electron chi connectivity index (χ4n) is 3.04. The van der Waals surface area contributed by atoms with E-state index in [1.165, 1.54) is 22.5 Å². The summed E-state index contributed by atoms with van der Waals surface area (Å²) < 4.78 is 40.7. The van der Waals surface area contributed by atoms with E-state index in [0.717, 1.165) is 23.4 Å². The maximum atomic E-state index is 13.1. The van der Waals surface area contributed by atoms with Crippen LogP contribution in [-0.2, 0) is 10.0 Å². The Balaban J connectivity index is 1.72. The number of benzene rings is 1. The van der Waals surface area contributed by atoms with Crippen LogP contribution in [0.1, 0.15) is 29.9 Å². The third kappa shape index (κ3) is 4.37. The van der Waals surface area contributed by atoms with Crippen molar-refractivity contribution in [2.24, 2.45) is 0 Å². The molecule has 1 N–H and O–H groups in total. The van der Waals surface area contributed by atoms with E-state index in [9.17, 15) is 17.6 Å². The average molecular weight is 426 g/mol. The minimum atomic E-state index is -3.75. The lowest BCUT2D eigenvalue weighted by molar-refractivity contribution is 0.0940. The van der Waals surface area contributed by atoms with Crippen molar-refractivity contribution in [1.29, 1.82) is 0 Å². The lowest BCUT2D eigenvalue weighted by Crippen LogP contribution is -2.48. The Labute approximate surface area is 169 Å². The van der Waals surface area contributed by atoms with Crippen LogP contribution >= 0.6 is 11.3 Å². The summed E-state index contributed by atoms with van der Waals surface area (Å²) in [5.74, 6) is -0.654. The first-order chi connectivity index (χ1) is 13.3. The SMILES string of the molecule is CC[C@H](C)NC(=O)c1sccc1S(=O)(=O)N1CCN(c2ccc(F)cc2)CC1. The highest BCUT2D eigenvalue weighted by Gasteiger charge is 2.32. The molecule has 152 valence electrons. The molecule has 1 saturated heterocycles. The Kier molecular flexibility index (Phi) is 6.36. The largest absolute Gasteiger partial charge is 0.369 e. The first-order valence-electron chi connectivity index (χ1n) is 9.22. The molecule has 2 aromatic rings. The van der Waals surface area contributed by atoms with Gasteiger partial charge in [0.05, 0.1) is 0 Å². The van der Waals surface area contributed by atoms with Crippen molar-refractivity contribution in [1.82, 2.24) is 9.62 Å². The van der Waals surface area contributed by atoms with Crippen LogP contribution in [0.2, 0.25) is 0 Å². The second-order valence-corrected chi connectivity index (χ2v) is 9.59. The summed E-state index contributed by atoms with van der Waals surface area (Å²) in [4.78, 5) is 14.8. The molecule has 0 bridgehead atoms. The number of nitrogens with one attached hydrogen (secondary N) is 1. The van der Waals surface area contributed by atoms with Crippen LogP contribution in [-0.4, -0.2) is 50.9 Å². The molecule has 1 atom stereocenters. The Morgan fingerprint density at radius 1 is 1.18 bits per heavy atom. The fourth-order valence-corrected chi connectivity index (χ4v) is 5.76. The van der Waals surface area contributed by atoms with Gasteiger partial charge in [-0.05, 0) is 49.1 Å². The number of carbonyl (C=O) groups is 1. The molecule has 6 nitrogen and oxygen atoms in total. The first-order valence-corrected chi connectivity index (χ1v) is 11.5. The van der Waals surface area contributed by atoms with E-state index in [2.05, 4.69) is 5.32 Å². The molecule has 9 heteroatoms. The Morgan fingerprint density at radius 2 is 1.82 bits per heavy atom. The topological polar surface area (TPSA) is 69.7 Å². The zero-order chi connectivity index (χ0) is 20.3. The van der Waals surface area contributed by atoms with Gasteiger partial charge in [0.2, 0.25) is 10.0 Å². The van der Waals surface area contributed by atoms with Crippen molar-refractivity contribution in [2.75, 3.05) is 31.1 Å². The minimum absolute atomic E-state index is 0.0237. The summed E-state index contributed by atoms with van der Waals surface area (Å²) in [6, 6.07) is 7.64. The molecule has 0 saturated carbocycles. The third-order valence-corrected chi connectivity index (χ3v) is 7.86. The average Bonchev–Trinajstić information content (AvgIpc) is 3.19. The molecule has 28 heavy (non-hydrogen) atoms. The minimum Gasteiger partial charge on any atom is -0.369 e. The van der Waals surface area contributed by atoms with Gasteiger partial charge >= 0.3 is 0 Å². The summed E-state index contributed by atoms with van der Waals surface area (Å²) in [7, 11) is -3.75. The van der Waals surface area contributed by atoms with E-state index >= 15 is 0 Å². The lowest BCUT2D eigenvalue weighted by Gasteiger charge is -2.35. The number of piperazine rings is 1. The van der Waals surface area contributed by atoms with Crippen molar-refractivity contribution >= 4 is 33.0 Å². The van der Waals surface area contributed by atoms with Gasteiger partial charge in [-0.1, -0.05) is 6.92 Å². The normalized spacial score (nSPS) is 16.8. The molecule has 0 unspecified atom stereocenters. The smallest absolute Gasteiger partial charge is 0.262 e. The molecule has 1 aromatic carbocycles. The van der Waals surface area contributed by atoms with Gasteiger partial charge in [0.25, 0.3) is 5.91 Å². The van der Waals surface area contributed by atoms with Gasteiger partial charge in [0.15, 0.2) is 0 Å². The summed E-state index contributed by atoms with van der Waals surface area (Å²) in [6.45, 7) is 5.46. The van der Waals surface area contributed by atoms with Crippen LogP contribution in [0.4, 0.5) is 10.1 Å². The Bertz CT molecular complexity index is 920. The van der Waals surface area contributed by atoms with E-state index in [4.69, 9.17) is 0 Å². The molecule has 1 aliphatic rings. The van der Waals surface area contributed by atoms with Crippen LogP contribution in [0.5, 0.6) is 0 Å². The molecule has 1 aliphatic heterocycles. The van der Waals surface area contributed by atoms with Crippen LogP contribution in [0.15, 0.2) is 40.6 Å². The quantitative estimate of drug-likeness (QED) is 0.773. The van der Waals surface area contributed by atoms with Crippen LogP contribution in [0.3, 0.4) is 0 Å². The van der Waals surface area contributed by atoms with Crippen molar-refractivity contribution in [3.8, 4) is 0 Å². The van der Waals surface area contributed by atoms with Gasteiger partial charge in [-0.15, -0.1) is 11.3 Å². The van der Waals surface area contributed by atoms with Crippen molar-refractivity contribution < 1.29 is 17.6 Å². The number of sulfonamides is 1. The zero-order valence-electron chi connectivity index (χ0n) is 15.9. The monoisotopic (exact) mass is 425 g/mol. The summed E-state index contributed by atoms with van der Waals surface area (Å²) >= 11 is 1.14. The van der Waals surface area contributed by atoms with Crippen LogP contribution in [0.25, 0.3) is 0 Å². The number of anilines is 1. The molecular weight excluding hydrogens is 401 g/mol. The van der Waals surface area contributed by atoms with Gasteiger partial charge in [0.1, 0.15) is 15.6 Å². The maximum absolute atomic E-state index is 13.1. The third-order valence-electron chi connectivity index (χ3n) is 4.87. The van der Waals surface area contributed by atoms with E-state index in [-0.39, 0.29) is 27.5 Å². The number of carbonyl (C=O) groups excluding carboxylic acids is 1. The van der Waals surface area contributed by atoms with Gasteiger partial charge < -0.3 is 10.2 Å². The highest BCUT2D eigenvalue weighted by Crippen LogP contribution is 2.27.